The molecular weight excluding hydrogens is 144 g/mol. The Morgan fingerprint density at radius 1 is 1.73 bits per heavy atom. The quantitative estimate of drug-likeness (QED) is 0.638. The fourth-order valence-electron chi connectivity index (χ4n) is 0.684. The predicted octanol–water partition coefficient (Wildman–Crippen LogP) is 0.667. The molecular formula is C7H6N2O2. The molecule has 56 valence electrons. The molecule has 0 saturated carbocycles. The molecule has 1 N–H and O–H groups in total. The van der Waals surface area contributed by atoms with Crippen molar-refractivity contribution in [1.29, 1.82) is 5.26 Å². The van der Waals surface area contributed by atoms with Gasteiger partial charge in [-0.15, -0.1) is 0 Å². The average Bonchev–Trinajstić information content (AvgIpc) is 2.04. The molecule has 0 spiro atoms. The van der Waals surface area contributed by atoms with Gasteiger partial charge in [-0.1, -0.05) is 0 Å². The van der Waals surface area contributed by atoms with Crippen LogP contribution in [0.4, 0.5) is 0 Å². The maximum absolute atomic E-state index is 8.89. The highest BCUT2D eigenvalue weighted by atomic mass is 16.5. The van der Waals surface area contributed by atoms with E-state index < -0.39 is 0 Å². The minimum atomic E-state index is -0.0395. The number of rotatable bonds is 1. The third kappa shape index (κ3) is 1.38. The van der Waals surface area contributed by atoms with Crippen molar-refractivity contribution in [2.75, 3.05) is 7.11 Å². The fraction of sp³-hybridized carbons (Fsp3) is 0.143. The van der Waals surface area contributed by atoms with Gasteiger partial charge in [0.25, 0.3) is 0 Å². The van der Waals surface area contributed by atoms with Crippen LogP contribution in [0.15, 0.2) is 12.3 Å². The standard InChI is InChI=1S/C7H6N2O2/c1-11-7-5(3-8)2-6(10)4-9-7/h2,4,10H,1H3. The van der Waals surface area contributed by atoms with Gasteiger partial charge in [-0.25, -0.2) is 4.98 Å². The van der Waals surface area contributed by atoms with E-state index in [0.717, 1.165) is 0 Å². The molecule has 0 amide bonds. The summed E-state index contributed by atoms with van der Waals surface area (Å²) >= 11 is 0. The summed E-state index contributed by atoms with van der Waals surface area (Å²) in [6.45, 7) is 0. The zero-order valence-corrected chi connectivity index (χ0v) is 5.90. The number of methoxy groups -OCH3 is 1. The van der Waals surface area contributed by atoms with Crippen molar-refractivity contribution in [3.63, 3.8) is 0 Å². The Bertz CT molecular complexity index is 304. The fourth-order valence-corrected chi connectivity index (χ4v) is 0.684. The molecule has 1 heterocycles. The molecule has 0 atom stereocenters. The van der Waals surface area contributed by atoms with E-state index in [2.05, 4.69) is 4.98 Å². The second-order valence-electron chi connectivity index (χ2n) is 1.86. The summed E-state index contributed by atoms with van der Waals surface area (Å²) in [6.07, 6.45) is 1.22. The molecule has 0 aliphatic rings. The Morgan fingerprint density at radius 2 is 2.45 bits per heavy atom. The molecule has 0 saturated heterocycles. The second-order valence-corrected chi connectivity index (χ2v) is 1.86. The van der Waals surface area contributed by atoms with Crippen LogP contribution in [-0.2, 0) is 0 Å². The molecule has 1 aromatic rings. The number of hydrogen-bond acceptors (Lipinski definition) is 4. The average molecular weight is 150 g/mol. The van der Waals surface area contributed by atoms with E-state index >= 15 is 0 Å². The highest BCUT2D eigenvalue weighted by Gasteiger charge is 2.03. The first-order valence-electron chi connectivity index (χ1n) is 2.91. The molecule has 4 heteroatoms. The summed E-state index contributed by atoms with van der Waals surface area (Å²) in [5.74, 6) is 0.188. The molecule has 0 bridgehead atoms. The van der Waals surface area contributed by atoms with Gasteiger partial charge < -0.3 is 9.84 Å². The van der Waals surface area contributed by atoms with Gasteiger partial charge in [0.05, 0.1) is 13.3 Å². The van der Waals surface area contributed by atoms with E-state index in [9.17, 15) is 0 Å². The van der Waals surface area contributed by atoms with Crippen LogP contribution in [0.5, 0.6) is 11.6 Å². The molecule has 1 rings (SSSR count). The predicted molar refractivity (Wildman–Crippen MR) is 37.2 cm³/mol. The van der Waals surface area contributed by atoms with Crippen molar-refractivity contribution in [2.24, 2.45) is 0 Å². The highest BCUT2D eigenvalue weighted by molar-refractivity contribution is 5.41. The Morgan fingerprint density at radius 3 is 3.00 bits per heavy atom. The van der Waals surface area contributed by atoms with E-state index in [0.29, 0.717) is 0 Å². The first-order valence-corrected chi connectivity index (χ1v) is 2.91. The van der Waals surface area contributed by atoms with Gasteiger partial charge in [-0.3, -0.25) is 0 Å². The third-order valence-corrected chi connectivity index (χ3v) is 1.15. The van der Waals surface area contributed by atoms with Crippen molar-refractivity contribution >= 4 is 0 Å². The van der Waals surface area contributed by atoms with E-state index in [1.807, 2.05) is 6.07 Å². The normalized spacial score (nSPS) is 8.73. The molecule has 0 unspecified atom stereocenters. The van der Waals surface area contributed by atoms with Crippen LogP contribution < -0.4 is 4.74 Å². The first kappa shape index (κ1) is 7.35. The highest BCUT2D eigenvalue weighted by Crippen LogP contribution is 2.17. The third-order valence-electron chi connectivity index (χ3n) is 1.15. The van der Waals surface area contributed by atoms with Crippen LogP contribution in [0.2, 0.25) is 0 Å². The minimum absolute atomic E-state index is 0.0395. The Hall–Kier alpha value is -1.76. The smallest absolute Gasteiger partial charge is 0.231 e. The maximum atomic E-state index is 8.89. The lowest BCUT2D eigenvalue weighted by molar-refractivity contribution is 0.392. The molecule has 0 radical (unpaired) electrons. The van der Waals surface area contributed by atoms with Gasteiger partial charge in [0.15, 0.2) is 0 Å². The molecule has 0 aromatic carbocycles. The first-order chi connectivity index (χ1) is 5.27. The number of ether oxygens (including phenoxy) is 1. The van der Waals surface area contributed by atoms with Crippen LogP contribution in [0.25, 0.3) is 0 Å². The number of aromatic hydroxyl groups is 1. The Balaban J connectivity index is 3.19. The minimum Gasteiger partial charge on any atom is -0.506 e. The van der Waals surface area contributed by atoms with Crippen LogP contribution in [0.1, 0.15) is 5.56 Å². The summed E-state index contributed by atoms with van der Waals surface area (Å²) in [7, 11) is 1.42. The number of hydrogen-bond donors (Lipinski definition) is 1. The van der Waals surface area contributed by atoms with E-state index in [-0.39, 0.29) is 17.2 Å². The summed E-state index contributed by atoms with van der Waals surface area (Å²) < 4.78 is 4.75. The number of aromatic nitrogens is 1. The van der Waals surface area contributed by atoms with E-state index in [4.69, 9.17) is 15.1 Å². The van der Waals surface area contributed by atoms with Crippen molar-refractivity contribution in [3.8, 4) is 17.7 Å². The largest absolute Gasteiger partial charge is 0.506 e. The zero-order valence-electron chi connectivity index (χ0n) is 5.90. The van der Waals surface area contributed by atoms with Gasteiger partial charge in [0, 0.05) is 6.07 Å². The number of nitrogens with zero attached hydrogens (tertiary/aromatic N) is 2. The summed E-state index contributed by atoms with van der Waals surface area (Å²) in [6, 6.07) is 3.14. The van der Waals surface area contributed by atoms with Gasteiger partial charge in [-0.05, 0) is 0 Å². The van der Waals surface area contributed by atoms with Crippen molar-refractivity contribution < 1.29 is 9.84 Å². The molecule has 11 heavy (non-hydrogen) atoms. The maximum Gasteiger partial charge on any atom is 0.231 e. The number of pyridine rings is 1. The van der Waals surface area contributed by atoms with E-state index in [1.165, 1.54) is 19.4 Å². The van der Waals surface area contributed by atoms with Gasteiger partial charge >= 0.3 is 0 Å². The van der Waals surface area contributed by atoms with Crippen molar-refractivity contribution in [3.05, 3.63) is 17.8 Å². The Kier molecular flexibility index (Phi) is 1.93. The Labute approximate surface area is 63.7 Å². The molecule has 1 aromatic heterocycles. The van der Waals surface area contributed by atoms with Crippen LogP contribution in [0.3, 0.4) is 0 Å². The lowest BCUT2D eigenvalue weighted by Crippen LogP contribution is -1.90. The molecule has 0 aliphatic heterocycles. The van der Waals surface area contributed by atoms with Gasteiger partial charge in [0.2, 0.25) is 5.88 Å². The van der Waals surface area contributed by atoms with E-state index in [1.54, 1.807) is 0 Å². The SMILES string of the molecule is COc1ncc(O)cc1C#N. The lowest BCUT2D eigenvalue weighted by atomic mass is 10.3. The molecule has 0 aliphatic carbocycles. The molecule has 0 fully saturated rings. The summed E-state index contributed by atoms with van der Waals surface area (Å²) in [5, 5.41) is 17.4. The monoisotopic (exact) mass is 150 g/mol. The summed E-state index contributed by atoms with van der Waals surface area (Å²) in [4.78, 5) is 3.67. The lowest BCUT2D eigenvalue weighted by Gasteiger charge is -1.99. The number of nitriles is 1. The molecule has 4 nitrogen and oxygen atoms in total. The van der Waals surface area contributed by atoms with Crippen molar-refractivity contribution in [1.82, 2.24) is 4.98 Å². The topological polar surface area (TPSA) is 66.1 Å². The van der Waals surface area contributed by atoms with Crippen LogP contribution >= 0.6 is 0 Å². The van der Waals surface area contributed by atoms with Crippen molar-refractivity contribution in [2.45, 2.75) is 0 Å². The van der Waals surface area contributed by atoms with Gasteiger partial charge in [0.1, 0.15) is 17.4 Å². The van der Waals surface area contributed by atoms with Crippen LogP contribution in [-0.4, -0.2) is 17.2 Å². The van der Waals surface area contributed by atoms with Gasteiger partial charge in [-0.2, -0.15) is 5.26 Å². The second kappa shape index (κ2) is 2.88. The zero-order chi connectivity index (χ0) is 8.27. The van der Waals surface area contributed by atoms with Crippen LogP contribution in [0, 0.1) is 11.3 Å². The summed E-state index contributed by atoms with van der Waals surface area (Å²) in [5.41, 5.74) is 0.229.